The number of nitrogens with two attached hydrogens (primary N) is 3. The number of allylic oxidation sites excluding steroid dienone is 2. The van der Waals surface area contributed by atoms with Crippen LogP contribution in [-0.4, -0.2) is 51.0 Å². The minimum absolute atomic E-state index is 0.0932. The molecule has 0 unspecified atom stereocenters. The third kappa shape index (κ3) is 6.87. The average Bonchev–Trinajstić information content (AvgIpc) is 3.27. The van der Waals surface area contributed by atoms with E-state index < -0.39 is 17.5 Å². The minimum Gasteiger partial charge on any atom is -0.483 e. The Balaban J connectivity index is 2.21. The molecule has 0 saturated carbocycles. The van der Waals surface area contributed by atoms with Gasteiger partial charge in [-0.25, -0.2) is 8.78 Å². The van der Waals surface area contributed by atoms with Gasteiger partial charge in [0.2, 0.25) is 0 Å². The van der Waals surface area contributed by atoms with E-state index >= 15 is 0 Å². The third-order valence-corrected chi connectivity index (χ3v) is 7.39. The topological polar surface area (TPSA) is 114 Å². The number of ether oxygens (including phenoxy) is 1. The molecule has 8 nitrogen and oxygen atoms in total. The second-order valence-corrected chi connectivity index (χ2v) is 10.2. The van der Waals surface area contributed by atoms with Gasteiger partial charge in [-0.3, -0.25) is 9.69 Å². The number of benzene rings is 2. The number of hydrogen-bond acceptors (Lipinski definition) is 8. The fourth-order valence-electron chi connectivity index (χ4n) is 3.90. The van der Waals surface area contributed by atoms with Crippen LogP contribution in [0.15, 0.2) is 66.3 Å². The van der Waals surface area contributed by atoms with Gasteiger partial charge < -0.3 is 31.7 Å². The smallest absolute Gasteiger partial charge is 0.262 e. The highest BCUT2D eigenvalue weighted by atomic mass is 32.1. The van der Waals surface area contributed by atoms with E-state index in [1.165, 1.54) is 53.7 Å². The van der Waals surface area contributed by atoms with Crippen LogP contribution in [0.5, 0.6) is 0 Å². The Morgan fingerprint density at radius 2 is 1.56 bits per heavy atom. The second-order valence-electron chi connectivity index (χ2n) is 9.23. The number of anilines is 2. The molecule has 11 heteroatoms. The van der Waals surface area contributed by atoms with E-state index in [1.807, 2.05) is 31.1 Å². The van der Waals surface area contributed by atoms with Crippen molar-refractivity contribution in [1.82, 2.24) is 9.80 Å². The minimum atomic E-state index is -0.662. The molecule has 0 aliphatic carbocycles. The number of hydrogen-bond donors (Lipinski definition) is 3. The van der Waals surface area contributed by atoms with Gasteiger partial charge >= 0.3 is 0 Å². The van der Waals surface area contributed by atoms with E-state index in [0.717, 1.165) is 16.0 Å². The van der Waals surface area contributed by atoms with Gasteiger partial charge in [0.25, 0.3) is 5.91 Å². The molecule has 0 radical (unpaired) electrons. The summed E-state index contributed by atoms with van der Waals surface area (Å²) >= 11 is 1.36. The number of nitrogen functional groups attached to an aromatic ring is 1. The fraction of sp³-hybridized carbons (Fsp3) is 0.250. The van der Waals surface area contributed by atoms with Gasteiger partial charge in [0.15, 0.2) is 5.88 Å². The van der Waals surface area contributed by atoms with Crippen LogP contribution >= 0.6 is 11.3 Å². The van der Waals surface area contributed by atoms with E-state index in [-0.39, 0.29) is 23.8 Å². The molecule has 0 saturated heterocycles. The summed E-state index contributed by atoms with van der Waals surface area (Å²) in [5, 5.41) is 0.540. The molecule has 0 atom stereocenters. The van der Waals surface area contributed by atoms with Gasteiger partial charge in [-0.15, -0.1) is 11.3 Å². The summed E-state index contributed by atoms with van der Waals surface area (Å²) in [5.74, 6) is -1.46. The number of nitrogens with zero attached hydrogens (tertiary/aromatic N) is 3. The van der Waals surface area contributed by atoms with Gasteiger partial charge in [0.05, 0.1) is 12.7 Å². The first-order valence-electron chi connectivity index (χ1n) is 12.0. The van der Waals surface area contributed by atoms with Crippen molar-refractivity contribution in [3.05, 3.63) is 94.6 Å². The van der Waals surface area contributed by atoms with Crippen LogP contribution in [0, 0.1) is 11.6 Å². The third-order valence-electron chi connectivity index (χ3n) is 6.00. The van der Waals surface area contributed by atoms with Crippen LogP contribution in [-0.2, 0) is 17.8 Å². The van der Waals surface area contributed by atoms with Crippen molar-refractivity contribution in [1.29, 1.82) is 0 Å². The zero-order valence-corrected chi connectivity index (χ0v) is 23.5. The molecule has 2 aromatic carbocycles. The van der Waals surface area contributed by atoms with Crippen molar-refractivity contribution >= 4 is 27.9 Å². The molecule has 3 rings (SSSR count). The number of carbonyl (C=O) groups is 1. The van der Waals surface area contributed by atoms with Gasteiger partial charge in [0.1, 0.15) is 22.5 Å². The van der Waals surface area contributed by atoms with Crippen molar-refractivity contribution in [2.45, 2.75) is 13.1 Å². The molecule has 0 aliphatic heterocycles. The summed E-state index contributed by atoms with van der Waals surface area (Å²) in [7, 11) is 8.45. The van der Waals surface area contributed by atoms with Gasteiger partial charge in [-0.1, -0.05) is 18.2 Å². The van der Waals surface area contributed by atoms with Gasteiger partial charge in [-0.2, -0.15) is 0 Å². The lowest BCUT2D eigenvalue weighted by atomic mass is 10.0. The molecule has 3 aromatic rings. The predicted molar refractivity (Wildman–Crippen MR) is 154 cm³/mol. The van der Waals surface area contributed by atoms with Crippen molar-refractivity contribution in [2.75, 3.05) is 45.9 Å². The van der Waals surface area contributed by atoms with Crippen molar-refractivity contribution in [3.63, 3.8) is 0 Å². The first-order valence-corrected chi connectivity index (χ1v) is 12.8. The molecule has 39 heavy (non-hydrogen) atoms. The molecular formula is C28H34F2N6O2S. The van der Waals surface area contributed by atoms with E-state index in [9.17, 15) is 13.6 Å². The molecule has 6 N–H and O–H groups in total. The van der Waals surface area contributed by atoms with Crippen LogP contribution in [0.3, 0.4) is 0 Å². The van der Waals surface area contributed by atoms with E-state index in [0.29, 0.717) is 22.8 Å². The molecule has 0 bridgehead atoms. The largest absolute Gasteiger partial charge is 0.483 e. The van der Waals surface area contributed by atoms with Crippen LogP contribution in [0.4, 0.5) is 19.5 Å². The first-order chi connectivity index (χ1) is 18.4. The highest BCUT2D eigenvalue weighted by Crippen LogP contribution is 2.44. The van der Waals surface area contributed by atoms with Gasteiger partial charge in [-0.05, 0) is 55.6 Å². The normalized spacial score (nSPS) is 12.1. The lowest BCUT2D eigenvalue weighted by Crippen LogP contribution is -2.32. The van der Waals surface area contributed by atoms with E-state index in [1.54, 1.807) is 31.1 Å². The predicted octanol–water partition coefficient (Wildman–Crippen LogP) is 4.29. The number of amides is 1. The van der Waals surface area contributed by atoms with E-state index in [2.05, 4.69) is 0 Å². The summed E-state index contributed by atoms with van der Waals surface area (Å²) in [5.41, 5.74) is 20.3. The summed E-state index contributed by atoms with van der Waals surface area (Å²) in [6, 6.07) is 11.1. The van der Waals surface area contributed by atoms with Gasteiger partial charge in [0, 0.05) is 49.4 Å². The summed E-state index contributed by atoms with van der Waals surface area (Å²) in [6.07, 6.45) is 2.91. The maximum absolute atomic E-state index is 14.6. The summed E-state index contributed by atoms with van der Waals surface area (Å²) in [4.78, 5) is 19.8. The summed E-state index contributed by atoms with van der Waals surface area (Å²) < 4.78 is 34.0. The summed E-state index contributed by atoms with van der Waals surface area (Å²) in [6.45, 7) is 0.331. The lowest BCUT2D eigenvalue weighted by molar-refractivity contribution is 0.0834. The molecule has 0 fully saturated rings. The maximum Gasteiger partial charge on any atom is 0.262 e. The molecule has 0 aliphatic rings. The Morgan fingerprint density at radius 1 is 0.949 bits per heavy atom. The monoisotopic (exact) mass is 556 g/mol. The molecule has 1 heterocycles. The Morgan fingerprint density at radius 3 is 2.13 bits per heavy atom. The molecule has 1 amide bonds. The van der Waals surface area contributed by atoms with Crippen molar-refractivity contribution in [2.24, 2.45) is 11.5 Å². The standard InChI is InChI=1S/C28H34F2N6O2S/c1-34(2)15-20-25(27(37)36(4)23(32)13-14-24(33)38-5)28(39-26(20)17-9-11-18(31)12-10-17)35(3)16-19-21(29)7-6-8-22(19)30/h6-14H,15-16,31-33H2,1-5H3/b23-13+,24-14+. The SMILES string of the molecule is CO/C(N)=C/C=C(\N)N(C)C(=O)c1c(N(C)Cc2c(F)cccc2F)sc(-c2ccc(N)cc2)c1CN(C)C. The number of rotatable bonds is 10. The fourth-order valence-corrected chi connectivity index (χ4v) is 5.17. The lowest BCUT2D eigenvalue weighted by Gasteiger charge is -2.24. The maximum atomic E-state index is 14.6. The van der Waals surface area contributed by atoms with Crippen LogP contribution in [0.2, 0.25) is 0 Å². The number of halogens is 2. The number of thiophene rings is 1. The zero-order valence-electron chi connectivity index (χ0n) is 22.7. The van der Waals surface area contributed by atoms with E-state index in [4.69, 9.17) is 21.9 Å². The number of methoxy groups -OCH3 is 1. The molecular weight excluding hydrogens is 522 g/mol. The quantitative estimate of drug-likeness (QED) is 0.194. The molecule has 208 valence electrons. The Kier molecular flexibility index (Phi) is 9.55. The Labute approximate surface area is 231 Å². The Bertz CT molecular complexity index is 1370. The second kappa shape index (κ2) is 12.6. The van der Waals surface area contributed by atoms with Crippen LogP contribution in [0.25, 0.3) is 10.4 Å². The highest BCUT2D eigenvalue weighted by molar-refractivity contribution is 7.20. The zero-order chi connectivity index (χ0) is 28.9. The first kappa shape index (κ1) is 29.5. The van der Waals surface area contributed by atoms with Crippen molar-refractivity contribution < 1.29 is 18.3 Å². The molecule has 1 aromatic heterocycles. The number of carbonyl (C=O) groups excluding carboxylic acids is 1. The van der Waals surface area contributed by atoms with Crippen molar-refractivity contribution in [3.8, 4) is 10.4 Å². The van der Waals surface area contributed by atoms with Crippen LogP contribution in [0.1, 0.15) is 21.5 Å². The molecule has 0 spiro atoms. The average molecular weight is 557 g/mol. The van der Waals surface area contributed by atoms with Crippen LogP contribution < -0.4 is 22.1 Å². The highest BCUT2D eigenvalue weighted by Gasteiger charge is 2.30. The Hall–Kier alpha value is -4.09.